The SMILES string of the molecule is N#Cc1ccc(C2CN([C@H]3CCCC[C@@H]3Oc3ccc4c(c3)CN(C3CCC(=O)NC3=O)C4=O)C2)cc1. The smallest absolute Gasteiger partial charge is 0.255 e. The molecule has 3 aliphatic heterocycles. The second kappa shape index (κ2) is 9.64. The van der Waals surface area contributed by atoms with Crippen LogP contribution in [0, 0.1) is 11.3 Å². The van der Waals surface area contributed by atoms with E-state index < -0.39 is 11.9 Å². The van der Waals surface area contributed by atoms with Gasteiger partial charge in [-0.3, -0.25) is 24.6 Å². The molecule has 1 unspecified atom stereocenters. The number of hydrogen-bond donors (Lipinski definition) is 1. The molecule has 3 heterocycles. The van der Waals surface area contributed by atoms with Crippen LogP contribution < -0.4 is 10.1 Å². The Labute approximate surface area is 216 Å². The van der Waals surface area contributed by atoms with E-state index in [2.05, 4.69) is 28.4 Å². The molecule has 2 saturated heterocycles. The van der Waals surface area contributed by atoms with Gasteiger partial charge < -0.3 is 9.64 Å². The maximum absolute atomic E-state index is 13.0. The number of benzene rings is 2. The first-order chi connectivity index (χ1) is 18.0. The molecular weight excluding hydrogens is 468 g/mol. The molecule has 2 aromatic rings. The fourth-order valence-corrected chi connectivity index (χ4v) is 6.26. The van der Waals surface area contributed by atoms with Gasteiger partial charge in [0.1, 0.15) is 17.9 Å². The van der Waals surface area contributed by atoms with Crippen LogP contribution in [0.3, 0.4) is 0 Å². The summed E-state index contributed by atoms with van der Waals surface area (Å²) in [6, 6.07) is 15.5. The van der Waals surface area contributed by atoms with E-state index in [0.29, 0.717) is 36.1 Å². The maximum atomic E-state index is 13.0. The van der Waals surface area contributed by atoms with Crippen LogP contribution in [0.2, 0.25) is 0 Å². The number of nitriles is 1. The summed E-state index contributed by atoms with van der Waals surface area (Å²) in [5.41, 5.74) is 3.44. The fraction of sp³-hybridized carbons (Fsp3) is 0.448. The number of nitrogens with zero attached hydrogens (tertiary/aromatic N) is 3. The molecule has 1 aliphatic carbocycles. The summed E-state index contributed by atoms with van der Waals surface area (Å²) in [5, 5.41) is 11.4. The molecule has 1 saturated carbocycles. The van der Waals surface area contributed by atoms with Gasteiger partial charge in [-0.25, -0.2) is 0 Å². The normalized spacial score (nSPS) is 26.3. The van der Waals surface area contributed by atoms with Crippen molar-refractivity contribution in [3.8, 4) is 11.8 Å². The van der Waals surface area contributed by atoms with Crippen LogP contribution in [0.25, 0.3) is 0 Å². The summed E-state index contributed by atoms with van der Waals surface area (Å²) in [6.07, 6.45) is 5.14. The van der Waals surface area contributed by atoms with Gasteiger partial charge in [-0.05, 0) is 67.1 Å². The molecule has 0 bridgehead atoms. The molecule has 190 valence electrons. The summed E-state index contributed by atoms with van der Waals surface area (Å²) in [7, 11) is 0. The molecule has 1 N–H and O–H groups in total. The van der Waals surface area contributed by atoms with Gasteiger partial charge in [0.15, 0.2) is 0 Å². The lowest BCUT2D eigenvalue weighted by molar-refractivity contribution is -0.136. The number of imide groups is 1. The molecule has 37 heavy (non-hydrogen) atoms. The van der Waals surface area contributed by atoms with Gasteiger partial charge in [0.05, 0.1) is 11.6 Å². The van der Waals surface area contributed by atoms with E-state index >= 15 is 0 Å². The Hall–Kier alpha value is -3.70. The third kappa shape index (κ3) is 4.49. The number of fused-ring (bicyclic) bond motifs is 1. The number of piperidine rings is 1. The first-order valence-electron chi connectivity index (χ1n) is 13.2. The highest BCUT2D eigenvalue weighted by Crippen LogP contribution is 2.36. The van der Waals surface area contributed by atoms with E-state index in [9.17, 15) is 14.4 Å². The monoisotopic (exact) mass is 498 g/mol. The molecule has 8 heteroatoms. The lowest BCUT2D eigenvalue weighted by atomic mass is 9.84. The topological polar surface area (TPSA) is 103 Å². The quantitative estimate of drug-likeness (QED) is 0.636. The average molecular weight is 499 g/mol. The Morgan fingerprint density at radius 1 is 0.973 bits per heavy atom. The van der Waals surface area contributed by atoms with Gasteiger partial charge >= 0.3 is 0 Å². The number of carbonyl (C=O) groups is 3. The Balaban J connectivity index is 1.11. The predicted octanol–water partition coefficient (Wildman–Crippen LogP) is 3.11. The van der Waals surface area contributed by atoms with Crippen LogP contribution in [0.5, 0.6) is 5.75 Å². The standard InChI is InChI=1S/C29H30N4O4/c30-14-18-5-7-19(8-6-18)21-15-32(16-21)24-3-1-2-4-26(24)37-22-9-10-23-20(13-22)17-33(29(23)36)25-11-12-27(34)31-28(25)35/h5-10,13,21,24-26H,1-4,11-12,15-17H2,(H,31,34,35)/t24-,25?,26-/m0/s1. The van der Waals surface area contributed by atoms with Crippen molar-refractivity contribution in [3.05, 3.63) is 64.7 Å². The largest absolute Gasteiger partial charge is 0.489 e. The van der Waals surface area contributed by atoms with Gasteiger partial charge in [0, 0.05) is 43.6 Å². The number of ether oxygens (including phenoxy) is 1. The van der Waals surface area contributed by atoms with E-state index in [1.54, 1.807) is 11.0 Å². The van der Waals surface area contributed by atoms with Crippen molar-refractivity contribution < 1.29 is 19.1 Å². The Morgan fingerprint density at radius 2 is 1.76 bits per heavy atom. The Bertz CT molecular complexity index is 1280. The molecule has 4 aliphatic rings. The first-order valence-corrected chi connectivity index (χ1v) is 13.2. The zero-order valence-corrected chi connectivity index (χ0v) is 20.7. The average Bonchev–Trinajstić information content (AvgIpc) is 3.20. The molecule has 0 spiro atoms. The van der Waals surface area contributed by atoms with E-state index in [1.807, 2.05) is 24.3 Å². The predicted molar refractivity (Wildman–Crippen MR) is 135 cm³/mol. The lowest BCUT2D eigenvalue weighted by Crippen LogP contribution is -2.57. The van der Waals surface area contributed by atoms with Crippen molar-refractivity contribution in [2.45, 2.75) is 69.2 Å². The highest BCUT2D eigenvalue weighted by Gasteiger charge is 2.41. The molecular formula is C29H30N4O4. The van der Waals surface area contributed by atoms with Crippen LogP contribution >= 0.6 is 0 Å². The number of likely N-dealkylation sites (tertiary alicyclic amines) is 1. The number of nitrogens with one attached hydrogen (secondary N) is 1. The van der Waals surface area contributed by atoms with Crippen molar-refractivity contribution in [3.63, 3.8) is 0 Å². The maximum Gasteiger partial charge on any atom is 0.255 e. The zero-order valence-electron chi connectivity index (χ0n) is 20.7. The van der Waals surface area contributed by atoms with Crippen molar-refractivity contribution in [2.75, 3.05) is 13.1 Å². The van der Waals surface area contributed by atoms with Crippen LogP contribution in [0.15, 0.2) is 42.5 Å². The summed E-state index contributed by atoms with van der Waals surface area (Å²) < 4.78 is 6.54. The van der Waals surface area contributed by atoms with Crippen molar-refractivity contribution >= 4 is 17.7 Å². The summed E-state index contributed by atoms with van der Waals surface area (Å²) in [4.78, 5) is 40.9. The van der Waals surface area contributed by atoms with Crippen LogP contribution in [0.1, 0.15) is 71.5 Å². The highest BCUT2D eigenvalue weighted by atomic mass is 16.5. The number of amides is 3. The highest BCUT2D eigenvalue weighted by molar-refractivity contribution is 6.05. The number of carbonyl (C=O) groups excluding carboxylic acids is 3. The summed E-state index contributed by atoms with van der Waals surface area (Å²) in [5.74, 6) is 0.402. The van der Waals surface area contributed by atoms with E-state index in [-0.39, 0.29) is 24.3 Å². The minimum Gasteiger partial charge on any atom is -0.489 e. The minimum absolute atomic E-state index is 0.0945. The van der Waals surface area contributed by atoms with Crippen molar-refractivity contribution in [1.29, 1.82) is 5.26 Å². The van der Waals surface area contributed by atoms with Crippen LogP contribution in [-0.2, 0) is 16.1 Å². The van der Waals surface area contributed by atoms with Gasteiger partial charge in [-0.2, -0.15) is 5.26 Å². The minimum atomic E-state index is -0.611. The summed E-state index contributed by atoms with van der Waals surface area (Å²) in [6.45, 7) is 2.34. The van der Waals surface area contributed by atoms with E-state index in [0.717, 1.165) is 43.7 Å². The third-order valence-electron chi connectivity index (χ3n) is 8.34. The molecule has 2 aromatic carbocycles. The first kappa shape index (κ1) is 23.7. The number of hydrogen-bond acceptors (Lipinski definition) is 6. The molecule has 3 atom stereocenters. The van der Waals surface area contributed by atoms with Crippen molar-refractivity contribution in [1.82, 2.24) is 15.1 Å². The molecule has 3 fully saturated rings. The Kier molecular flexibility index (Phi) is 6.17. The molecule has 6 rings (SSSR count). The van der Waals surface area contributed by atoms with Crippen molar-refractivity contribution in [2.24, 2.45) is 0 Å². The molecule has 3 amide bonds. The van der Waals surface area contributed by atoms with Gasteiger partial charge in [-0.15, -0.1) is 0 Å². The second-order valence-electron chi connectivity index (χ2n) is 10.6. The Morgan fingerprint density at radius 3 is 2.51 bits per heavy atom. The third-order valence-corrected chi connectivity index (χ3v) is 8.34. The van der Waals surface area contributed by atoms with Crippen LogP contribution in [0.4, 0.5) is 0 Å². The fourth-order valence-electron chi connectivity index (χ4n) is 6.26. The van der Waals surface area contributed by atoms with E-state index in [4.69, 9.17) is 10.00 Å². The van der Waals surface area contributed by atoms with Gasteiger partial charge in [-0.1, -0.05) is 18.6 Å². The zero-order chi connectivity index (χ0) is 25.5. The second-order valence-corrected chi connectivity index (χ2v) is 10.6. The molecule has 0 radical (unpaired) electrons. The lowest BCUT2D eigenvalue weighted by Gasteiger charge is -2.48. The van der Waals surface area contributed by atoms with Gasteiger partial charge in [0.2, 0.25) is 11.8 Å². The molecule has 8 nitrogen and oxygen atoms in total. The summed E-state index contributed by atoms with van der Waals surface area (Å²) >= 11 is 0. The van der Waals surface area contributed by atoms with E-state index in [1.165, 1.54) is 12.0 Å². The van der Waals surface area contributed by atoms with Gasteiger partial charge in [0.25, 0.3) is 5.91 Å². The molecule has 0 aromatic heterocycles. The number of rotatable bonds is 5. The van der Waals surface area contributed by atoms with Crippen LogP contribution in [-0.4, -0.2) is 58.8 Å².